The second-order valence-electron chi connectivity index (χ2n) is 4.99. The van der Waals surface area contributed by atoms with Crippen molar-refractivity contribution in [1.82, 2.24) is 15.2 Å². The van der Waals surface area contributed by atoms with E-state index < -0.39 is 5.69 Å². The van der Waals surface area contributed by atoms with Gasteiger partial charge in [0.2, 0.25) is 0 Å². The molecule has 126 valence electrons. The number of ether oxygens (including phenoxy) is 1. The third-order valence-electron chi connectivity index (χ3n) is 3.19. The molecule has 3 aromatic rings. The first-order valence-electron chi connectivity index (χ1n) is 7.38. The first kappa shape index (κ1) is 16.7. The number of halogens is 1. The van der Waals surface area contributed by atoms with Crippen LogP contribution in [0.4, 0.5) is 5.82 Å². The molecule has 3 rings (SSSR count). The van der Waals surface area contributed by atoms with Gasteiger partial charge in [0.1, 0.15) is 12.4 Å². The first-order chi connectivity index (χ1) is 12.2. The highest BCUT2D eigenvalue weighted by Crippen LogP contribution is 2.18. The highest BCUT2D eigenvalue weighted by molar-refractivity contribution is 6.31. The maximum Gasteiger partial charge on any atom is 0.363 e. The van der Waals surface area contributed by atoms with Gasteiger partial charge in [-0.3, -0.25) is 5.43 Å². The fourth-order valence-electron chi connectivity index (χ4n) is 1.97. The minimum Gasteiger partial charge on any atom is -0.489 e. The van der Waals surface area contributed by atoms with Crippen LogP contribution in [0.2, 0.25) is 5.02 Å². The summed E-state index contributed by atoms with van der Waals surface area (Å²) in [5.41, 5.74) is 3.88. The van der Waals surface area contributed by atoms with Gasteiger partial charge in [-0.25, -0.2) is 9.89 Å². The summed E-state index contributed by atoms with van der Waals surface area (Å²) < 4.78 is 5.71. The van der Waals surface area contributed by atoms with Crippen molar-refractivity contribution in [2.75, 3.05) is 5.43 Å². The van der Waals surface area contributed by atoms with Crippen LogP contribution in [0.15, 0.2) is 64.6 Å². The van der Waals surface area contributed by atoms with Crippen molar-refractivity contribution < 1.29 is 4.74 Å². The lowest BCUT2D eigenvalue weighted by molar-refractivity contribution is 0.306. The van der Waals surface area contributed by atoms with E-state index in [2.05, 4.69) is 25.7 Å². The Balaban J connectivity index is 1.56. The van der Waals surface area contributed by atoms with Gasteiger partial charge >= 0.3 is 5.69 Å². The predicted molar refractivity (Wildman–Crippen MR) is 96.1 cm³/mol. The van der Waals surface area contributed by atoms with Crippen molar-refractivity contribution in [3.8, 4) is 5.75 Å². The van der Waals surface area contributed by atoms with E-state index in [1.54, 1.807) is 6.21 Å². The molecule has 7 nitrogen and oxygen atoms in total. The van der Waals surface area contributed by atoms with E-state index in [4.69, 9.17) is 16.3 Å². The lowest BCUT2D eigenvalue weighted by Crippen LogP contribution is -2.13. The summed E-state index contributed by atoms with van der Waals surface area (Å²) in [6.45, 7) is 0.399. The maximum atomic E-state index is 11.0. The summed E-state index contributed by atoms with van der Waals surface area (Å²) in [6.07, 6.45) is 2.96. The Bertz CT molecular complexity index is 925. The zero-order chi connectivity index (χ0) is 17.5. The molecule has 8 heteroatoms. The molecule has 2 N–H and O–H groups in total. The van der Waals surface area contributed by atoms with E-state index in [1.807, 2.05) is 48.5 Å². The van der Waals surface area contributed by atoms with Crippen LogP contribution >= 0.6 is 11.6 Å². The molecule has 25 heavy (non-hydrogen) atoms. The third kappa shape index (κ3) is 4.89. The maximum absolute atomic E-state index is 11.0. The monoisotopic (exact) mass is 355 g/mol. The SMILES string of the molecule is O=c1nc(N/N=C/c2ccc(OCc3ccccc3Cl)cc2)cn[nH]1. The van der Waals surface area contributed by atoms with E-state index >= 15 is 0 Å². The molecule has 0 atom stereocenters. The Hall–Kier alpha value is -3.19. The molecule has 0 unspecified atom stereocenters. The second kappa shape index (κ2) is 8.07. The number of hydrazone groups is 1. The van der Waals surface area contributed by atoms with E-state index in [9.17, 15) is 4.79 Å². The summed E-state index contributed by atoms with van der Waals surface area (Å²) >= 11 is 6.10. The van der Waals surface area contributed by atoms with Gasteiger partial charge in [0.15, 0.2) is 5.82 Å². The van der Waals surface area contributed by atoms with E-state index in [0.29, 0.717) is 11.6 Å². The number of nitrogens with one attached hydrogen (secondary N) is 2. The second-order valence-corrected chi connectivity index (χ2v) is 5.40. The van der Waals surface area contributed by atoms with Crippen molar-refractivity contribution >= 4 is 23.6 Å². The number of rotatable bonds is 6. The standard InChI is InChI=1S/C17H14ClN5O2/c18-15-4-2-1-3-13(15)11-25-14-7-5-12(6-8-14)9-19-22-16-10-20-23-17(24)21-16/h1-10H,11H2,(H2,21,22,23,24)/b19-9+. The van der Waals surface area contributed by atoms with Gasteiger partial charge in [-0.15, -0.1) is 0 Å². The minimum atomic E-state index is -0.541. The summed E-state index contributed by atoms with van der Waals surface area (Å²) in [7, 11) is 0. The molecule has 0 saturated heterocycles. The molecule has 0 fully saturated rings. The van der Waals surface area contributed by atoms with Crippen molar-refractivity contribution in [1.29, 1.82) is 0 Å². The lowest BCUT2D eigenvalue weighted by Gasteiger charge is -2.07. The van der Waals surface area contributed by atoms with Crippen molar-refractivity contribution in [3.63, 3.8) is 0 Å². The predicted octanol–water partition coefficient (Wildman–Crippen LogP) is 2.84. The average Bonchev–Trinajstić information content (AvgIpc) is 2.62. The van der Waals surface area contributed by atoms with Gasteiger partial charge in [0.25, 0.3) is 0 Å². The van der Waals surface area contributed by atoms with Gasteiger partial charge in [-0.05, 0) is 35.9 Å². The summed E-state index contributed by atoms with van der Waals surface area (Å²) in [6, 6.07) is 14.9. The molecule has 1 heterocycles. The van der Waals surface area contributed by atoms with E-state index in [1.165, 1.54) is 6.20 Å². The zero-order valence-corrected chi connectivity index (χ0v) is 13.8. The summed E-state index contributed by atoms with van der Waals surface area (Å²) in [5.74, 6) is 0.991. The van der Waals surface area contributed by atoms with Crippen LogP contribution in [0, 0.1) is 0 Å². The van der Waals surface area contributed by atoms with Gasteiger partial charge in [0, 0.05) is 10.6 Å². The van der Waals surface area contributed by atoms with Crippen LogP contribution < -0.4 is 15.9 Å². The fraction of sp³-hybridized carbons (Fsp3) is 0.0588. The van der Waals surface area contributed by atoms with Gasteiger partial charge < -0.3 is 4.74 Å². The number of H-pyrrole nitrogens is 1. The molecular formula is C17H14ClN5O2. The fourth-order valence-corrected chi connectivity index (χ4v) is 2.16. The Morgan fingerprint density at radius 1 is 1.20 bits per heavy atom. The van der Waals surface area contributed by atoms with E-state index in [0.717, 1.165) is 16.9 Å². The number of hydrogen-bond acceptors (Lipinski definition) is 6. The molecule has 1 aromatic heterocycles. The molecule has 0 bridgehead atoms. The largest absolute Gasteiger partial charge is 0.489 e. The topological polar surface area (TPSA) is 92.3 Å². The first-order valence-corrected chi connectivity index (χ1v) is 7.75. The molecule has 0 aliphatic heterocycles. The highest BCUT2D eigenvalue weighted by Gasteiger charge is 2.00. The average molecular weight is 356 g/mol. The minimum absolute atomic E-state index is 0.264. The highest BCUT2D eigenvalue weighted by atomic mass is 35.5. The van der Waals surface area contributed by atoms with Crippen LogP contribution in [0.5, 0.6) is 5.75 Å². The normalized spacial score (nSPS) is 10.8. The van der Waals surface area contributed by atoms with Gasteiger partial charge in [-0.1, -0.05) is 29.8 Å². The number of anilines is 1. The van der Waals surface area contributed by atoms with Crippen LogP contribution in [-0.2, 0) is 6.61 Å². The Morgan fingerprint density at radius 3 is 2.76 bits per heavy atom. The molecule has 0 spiro atoms. The number of aromatic nitrogens is 3. The molecule has 2 aromatic carbocycles. The van der Waals surface area contributed by atoms with E-state index in [-0.39, 0.29) is 5.82 Å². The number of aromatic amines is 1. The Labute approximate surface area is 148 Å². The molecular weight excluding hydrogens is 342 g/mol. The van der Waals surface area contributed by atoms with Crippen molar-refractivity contribution in [3.05, 3.63) is 81.4 Å². The van der Waals surface area contributed by atoms with Crippen LogP contribution in [-0.4, -0.2) is 21.4 Å². The van der Waals surface area contributed by atoms with Crippen molar-refractivity contribution in [2.24, 2.45) is 5.10 Å². The van der Waals surface area contributed by atoms with Crippen LogP contribution in [0.1, 0.15) is 11.1 Å². The van der Waals surface area contributed by atoms with Crippen molar-refractivity contribution in [2.45, 2.75) is 6.61 Å². The zero-order valence-electron chi connectivity index (χ0n) is 13.0. The number of nitrogens with zero attached hydrogens (tertiary/aromatic N) is 3. The third-order valence-corrected chi connectivity index (χ3v) is 3.56. The molecule has 0 saturated carbocycles. The quantitative estimate of drug-likeness (QED) is 0.524. The summed E-state index contributed by atoms with van der Waals surface area (Å²) in [4.78, 5) is 14.7. The smallest absolute Gasteiger partial charge is 0.363 e. The number of benzene rings is 2. The van der Waals surface area contributed by atoms with Crippen LogP contribution in [0.25, 0.3) is 0 Å². The summed E-state index contributed by atoms with van der Waals surface area (Å²) in [5, 5.41) is 10.5. The molecule has 0 aliphatic carbocycles. The Kier molecular flexibility index (Phi) is 5.38. The van der Waals surface area contributed by atoms with Gasteiger partial charge in [0.05, 0.1) is 12.4 Å². The Morgan fingerprint density at radius 2 is 2.00 bits per heavy atom. The molecule has 0 radical (unpaired) electrons. The lowest BCUT2D eigenvalue weighted by atomic mass is 10.2. The van der Waals surface area contributed by atoms with Gasteiger partial charge in [-0.2, -0.15) is 15.2 Å². The number of hydrogen-bond donors (Lipinski definition) is 2. The molecule has 0 aliphatic rings. The van der Waals surface area contributed by atoms with Crippen LogP contribution in [0.3, 0.4) is 0 Å². The molecule has 0 amide bonds.